The van der Waals surface area contributed by atoms with E-state index in [9.17, 15) is 4.79 Å². The molecule has 0 aliphatic carbocycles. The molecule has 0 bridgehead atoms. The van der Waals surface area contributed by atoms with Crippen LogP contribution in [0, 0.1) is 0 Å². The average molecular weight is 237 g/mol. The maximum atomic E-state index is 10.9. The van der Waals surface area contributed by atoms with Crippen LogP contribution in [0.2, 0.25) is 0 Å². The number of rotatable bonds is 6. The van der Waals surface area contributed by atoms with E-state index in [2.05, 4.69) is 30.9 Å². The van der Waals surface area contributed by atoms with Crippen molar-refractivity contribution in [2.45, 2.75) is 13.3 Å². The summed E-state index contributed by atoms with van der Waals surface area (Å²) in [6.45, 7) is 2.79. The number of halogens is 1. The van der Waals surface area contributed by atoms with Crippen LogP contribution in [0.1, 0.15) is 13.3 Å². The number of aliphatic hydroxyl groups is 1. The van der Waals surface area contributed by atoms with Gasteiger partial charge in [-0.3, -0.25) is 4.89 Å². The minimum Gasteiger partial charge on any atom is -1.00 e. The van der Waals surface area contributed by atoms with Gasteiger partial charge < -0.3 is 14.3 Å². The molecule has 0 saturated heterocycles. The molecule has 0 unspecified atom stereocenters. The minimum absolute atomic E-state index is 0. The molecule has 0 fully saturated rings. The van der Waals surface area contributed by atoms with E-state index in [1.807, 2.05) is 0 Å². The molecule has 6 heteroatoms. The Morgan fingerprint density at radius 2 is 1.94 bits per heavy atom. The van der Waals surface area contributed by atoms with Gasteiger partial charge in [-0.25, -0.2) is 4.79 Å². The molecule has 0 aromatic rings. The van der Waals surface area contributed by atoms with E-state index in [4.69, 9.17) is 5.11 Å². The van der Waals surface area contributed by atoms with Gasteiger partial charge in [0.2, 0.25) is 5.76 Å². The van der Waals surface area contributed by atoms with Crippen molar-refractivity contribution >= 4 is 5.97 Å². The number of aliphatic hydroxyl groups excluding tert-OH is 1. The first-order chi connectivity index (χ1) is 6.87. The Labute approximate surface area is 95.1 Å². The fourth-order valence-electron chi connectivity index (χ4n) is 0.854. The standard InChI is InChI=1S/C10H19NO4.FH/c1-5-9(12)10(13)15-14-8-6-7-11(2,3)4;/h5H,6-8H2,1-4H3;1H. The second kappa shape index (κ2) is 8.06. The maximum Gasteiger partial charge on any atom is 0.406 e. The predicted octanol–water partition coefficient (Wildman–Crippen LogP) is -1.98. The summed E-state index contributed by atoms with van der Waals surface area (Å²) in [5.74, 6) is -1.30. The zero-order chi connectivity index (χ0) is 11.9. The molecule has 0 aromatic carbocycles. The summed E-state index contributed by atoms with van der Waals surface area (Å²) in [5, 5.41) is 8.92. The van der Waals surface area contributed by atoms with Crippen molar-refractivity contribution in [1.29, 1.82) is 0 Å². The Morgan fingerprint density at radius 3 is 2.38 bits per heavy atom. The number of hydrogen-bond donors (Lipinski definition) is 1. The molecule has 1 N–H and O–H groups in total. The lowest BCUT2D eigenvalue weighted by atomic mass is 10.4. The Bertz CT molecular complexity index is 235. The summed E-state index contributed by atoms with van der Waals surface area (Å²) in [5.41, 5.74) is 0. The minimum atomic E-state index is -0.859. The third-order valence-corrected chi connectivity index (χ3v) is 1.67. The first-order valence-electron chi connectivity index (χ1n) is 4.86. The molecule has 0 amide bonds. The summed E-state index contributed by atoms with van der Waals surface area (Å²) in [6.07, 6.45) is 2.03. The van der Waals surface area contributed by atoms with E-state index in [0.717, 1.165) is 17.4 Å². The van der Waals surface area contributed by atoms with E-state index in [1.165, 1.54) is 13.0 Å². The highest BCUT2D eigenvalue weighted by atomic mass is 19.0. The maximum absolute atomic E-state index is 10.9. The molecule has 16 heavy (non-hydrogen) atoms. The van der Waals surface area contributed by atoms with Crippen molar-refractivity contribution in [1.82, 2.24) is 0 Å². The van der Waals surface area contributed by atoms with E-state index in [1.54, 1.807) is 0 Å². The summed E-state index contributed by atoms with van der Waals surface area (Å²) < 4.78 is 0.831. The van der Waals surface area contributed by atoms with Crippen LogP contribution in [0.3, 0.4) is 0 Å². The van der Waals surface area contributed by atoms with E-state index in [-0.39, 0.29) is 4.70 Å². The number of carbonyl (C=O) groups excluding carboxylic acids is 1. The second-order valence-electron chi connectivity index (χ2n) is 4.23. The van der Waals surface area contributed by atoms with E-state index >= 15 is 0 Å². The Hall–Kier alpha value is -1.14. The molecule has 0 aliphatic heterocycles. The second-order valence-corrected chi connectivity index (χ2v) is 4.23. The van der Waals surface area contributed by atoms with Crippen molar-refractivity contribution in [3.05, 3.63) is 11.8 Å². The van der Waals surface area contributed by atoms with Gasteiger partial charge in [-0.05, 0) is 13.0 Å². The largest absolute Gasteiger partial charge is 1.00 e. The monoisotopic (exact) mass is 237 g/mol. The molecule has 0 atom stereocenters. The lowest BCUT2D eigenvalue weighted by Crippen LogP contribution is -3.00. The number of nitrogens with zero attached hydrogens (tertiary/aromatic N) is 1. The van der Waals surface area contributed by atoms with Gasteiger partial charge >= 0.3 is 5.97 Å². The molecule has 5 nitrogen and oxygen atoms in total. The molecule has 0 heterocycles. The Morgan fingerprint density at radius 1 is 1.38 bits per heavy atom. The molecule has 96 valence electrons. The van der Waals surface area contributed by atoms with Gasteiger partial charge in [0, 0.05) is 6.42 Å². The Kier molecular flexibility index (Phi) is 8.70. The molecule has 0 saturated carbocycles. The quantitative estimate of drug-likeness (QED) is 0.145. The number of quaternary nitrogens is 1. The van der Waals surface area contributed by atoms with Crippen LogP contribution in [-0.2, 0) is 14.6 Å². The van der Waals surface area contributed by atoms with Crippen LogP contribution < -0.4 is 4.70 Å². The van der Waals surface area contributed by atoms with Crippen molar-refractivity contribution in [2.75, 3.05) is 34.3 Å². The van der Waals surface area contributed by atoms with Gasteiger partial charge in [0.05, 0.1) is 34.3 Å². The van der Waals surface area contributed by atoms with Gasteiger partial charge in [0.1, 0.15) is 0 Å². The predicted molar refractivity (Wildman–Crippen MR) is 55.9 cm³/mol. The van der Waals surface area contributed by atoms with Crippen LogP contribution in [0.4, 0.5) is 0 Å². The summed E-state index contributed by atoms with van der Waals surface area (Å²) in [4.78, 5) is 19.9. The SMILES string of the molecule is CC=C(O)C(=O)OOCCC[N+](C)(C)C.[F-]. The molecular weight excluding hydrogens is 217 g/mol. The lowest BCUT2D eigenvalue weighted by Gasteiger charge is -2.23. The summed E-state index contributed by atoms with van der Waals surface area (Å²) >= 11 is 0. The third-order valence-electron chi connectivity index (χ3n) is 1.67. The number of allylic oxidation sites excluding steroid dienone is 1. The lowest BCUT2D eigenvalue weighted by molar-refractivity contribution is -0.870. The number of carbonyl (C=O) groups is 1. The number of hydrogen-bond acceptors (Lipinski definition) is 4. The normalized spacial score (nSPS) is 11.9. The van der Waals surface area contributed by atoms with Crippen LogP contribution in [-0.4, -0.2) is 49.9 Å². The fraction of sp³-hybridized carbons (Fsp3) is 0.700. The van der Waals surface area contributed by atoms with Gasteiger partial charge in [0.25, 0.3) is 0 Å². The van der Waals surface area contributed by atoms with Crippen LogP contribution >= 0.6 is 0 Å². The summed E-state index contributed by atoms with van der Waals surface area (Å²) in [6, 6.07) is 0. The van der Waals surface area contributed by atoms with Crippen molar-refractivity contribution in [2.24, 2.45) is 0 Å². The highest BCUT2D eigenvalue weighted by molar-refractivity contribution is 5.84. The van der Waals surface area contributed by atoms with Gasteiger partial charge in [-0.15, -0.1) is 0 Å². The highest BCUT2D eigenvalue weighted by Gasteiger charge is 2.10. The molecule has 0 aromatic heterocycles. The van der Waals surface area contributed by atoms with Gasteiger partial charge in [-0.2, -0.15) is 4.89 Å². The smallest absolute Gasteiger partial charge is 0.406 e. The van der Waals surface area contributed by atoms with Crippen LogP contribution in [0.5, 0.6) is 0 Å². The van der Waals surface area contributed by atoms with E-state index < -0.39 is 11.7 Å². The van der Waals surface area contributed by atoms with Crippen molar-refractivity contribution in [3.63, 3.8) is 0 Å². The third kappa shape index (κ3) is 9.42. The van der Waals surface area contributed by atoms with Crippen molar-refractivity contribution in [3.8, 4) is 0 Å². The average Bonchev–Trinajstić information content (AvgIpc) is 2.14. The Balaban J connectivity index is 0. The molecule has 0 aliphatic rings. The fourth-order valence-corrected chi connectivity index (χ4v) is 0.854. The molecule has 0 rings (SSSR count). The summed E-state index contributed by atoms with van der Waals surface area (Å²) in [7, 11) is 6.20. The highest BCUT2D eigenvalue weighted by Crippen LogP contribution is 1.97. The first-order valence-corrected chi connectivity index (χ1v) is 4.86. The first kappa shape index (κ1) is 17.3. The van der Waals surface area contributed by atoms with Crippen LogP contribution in [0.25, 0.3) is 0 Å². The van der Waals surface area contributed by atoms with E-state index in [0.29, 0.717) is 6.61 Å². The molecule has 0 spiro atoms. The van der Waals surface area contributed by atoms with Crippen LogP contribution in [0.15, 0.2) is 11.8 Å². The topological polar surface area (TPSA) is 55.8 Å². The zero-order valence-corrected chi connectivity index (χ0v) is 10.2. The van der Waals surface area contributed by atoms with Gasteiger partial charge in [0.15, 0.2) is 0 Å². The van der Waals surface area contributed by atoms with Crippen molar-refractivity contribution < 1.29 is 28.9 Å². The zero-order valence-electron chi connectivity index (χ0n) is 10.2. The van der Waals surface area contributed by atoms with Gasteiger partial charge in [-0.1, -0.05) is 0 Å². The molecule has 0 radical (unpaired) electrons. The molecular formula is C10H20FNO4.